The second kappa shape index (κ2) is 4.74. The van der Waals surface area contributed by atoms with E-state index in [1.165, 1.54) is 0 Å². The van der Waals surface area contributed by atoms with E-state index in [1.54, 1.807) is 35.3 Å². The molecule has 0 aliphatic heterocycles. The maximum atomic E-state index is 8.74. The summed E-state index contributed by atoms with van der Waals surface area (Å²) >= 11 is 0. The molecule has 0 saturated heterocycles. The lowest BCUT2D eigenvalue weighted by molar-refractivity contribution is 1.07. The van der Waals surface area contributed by atoms with Crippen LogP contribution in [0.2, 0.25) is 0 Å². The van der Waals surface area contributed by atoms with E-state index in [2.05, 4.69) is 26.6 Å². The molecule has 0 spiro atoms. The van der Waals surface area contributed by atoms with Gasteiger partial charge in [0.2, 0.25) is 5.65 Å². The van der Waals surface area contributed by atoms with Gasteiger partial charge in [-0.2, -0.15) is 5.26 Å². The first kappa shape index (κ1) is 11.2. The zero-order chi connectivity index (χ0) is 13.1. The molecule has 0 amide bonds. The Labute approximate surface area is 109 Å². The number of aromatic nitrogens is 4. The van der Waals surface area contributed by atoms with E-state index in [4.69, 9.17) is 5.26 Å². The number of nitriles is 1. The normalized spacial score (nSPS) is 10.3. The van der Waals surface area contributed by atoms with Gasteiger partial charge < -0.3 is 5.32 Å². The van der Waals surface area contributed by atoms with Gasteiger partial charge in [0.15, 0.2) is 5.82 Å². The fourth-order valence-electron chi connectivity index (χ4n) is 1.77. The van der Waals surface area contributed by atoms with Gasteiger partial charge in [0.1, 0.15) is 6.33 Å². The van der Waals surface area contributed by atoms with Crippen LogP contribution in [0.15, 0.2) is 43.0 Å². The molecule has 0 unspecified atom stereocenters. The van der Waals surface area contributed by atoms with Crippen LogP contribution in [0.3, 0.4) is 0 Å². The van der Waals surface area contributed by atoms with Crippen molar-refractivity contribution in [3.63, 3.8) is 0 Å². The van der Waals surface area contributed by atoms with Crippen molar-refractivity contribution in [1.82, 2.24) is 19.6 Å². The molecule has 0 atom stereocenters. The molecule has 0 aliphatic rings. The Kier molecular flexibility index (Phi) is 2.79. The minimum absolute atomic E-state index is 0.616. The summed E-state index contributed by atoms with van der Waals surface area (Å²) in [6, 6.07) is 9.51. The van der Waals surface area contributed by atoms with Crippen LogP contribution in [-0.2, 0) is 6.54 Å². The van der Waals surface area contributed by atoms with Crippen molar-refractivity contribution >= 4 is 11.5 Å². The molecule has 0 radical (unpaired) electrons. The average Bonchev–Trinajstić information content (AvgIpc) is 2.94. The van der Waals surface area contributed by atoms with E-state index in [0.717, 1.165) is 5.56 Å². The van der Waals surface area contributed by atoms with Crippen molar-refractivity contribution in [3.8, 4) is 6.07 Å². The Morgan fingerprint density at radius 3 is 2.89 bits per heavy atom. The molecule has 3 rings (SSSR count). The summed E-state index contributed by atoms with van der Waals surface area (Å²) in [6.45, 7) is 0.616. The fourth-order valence-corrected chi connectivity index (χ4v) is 1.77. The fraction of sp³-hybridized carbons (Fsp3) is 0.0769. The van der Waals surface area contributed by atoms with E-state index in [0.29, 0.717) is 23.6 Å². The topological polar surface area (TPSA) is 78.9 Å². The van der Waals surface area contributed by atoms with Crippen LogP contribution in [0.4, 0.5) is 5.82 Å². The molecule has 0 fully saturated rings. The van der Waals surface area contributed by atoms with E-state index in [9.17, 15) is 0 Å². The van der Waals surface area contributed by atoms with E-state index < -0.39 is 0 Å². The van der Waals surface area contributed by atoms with Gasteiger partial charge in [0.05, 0.1) is 11.6 Å². The maximum Gasteiger partial charge on any atom is 0.203 e. The van der Waals surface area contributed by atoms with Crippen LogP contribution in [-0.4, -0.2) is 19.6 Å². The summed E-state index contributed by atoms with van der Waals surface area (Å²) in [5, 5.41) is 19.8. The number of hydrogen-bond donors (Lipinski definition) is 1. The van der Waals surface area contributed by atoms with Crippen LogP contribution in [0, 0.1) is 11.3 Å². The molecule has 6 heteroatoms. The lowest BCUT2D eigenvalue weighted by atomic mass is 10.1. The second-order valence-corrected chi connectivity index (χ2v) is 4.00. The zero-order valence-electron chi connectivity index (χ0n) is 9.98. The van der Waals surface area contributed by atoms with Gasteiger partial charge in [-0.25, -0.2) is 4.98 Å². The van der Waals surface area contributed by atoms with Crippen molar-refractivity contribution in [2.45, 2.75) is 6.54 Å². The number of fused-ring (bicyclic) bond motifs is 1. The molecule has 1 aromatic carbocycles. The Morgan fingerprint density at radius 1 is 1.26 bits per heavy atom. The van der Waals surface area contributed by atoms with Crippen molar-refractivity contribution in [3.05, 3.63) is 54.1 Å². The first-order valence-electron chi connectivity index (χ1n) is 5.74. The smallest absolute Gasteiger partial charge is 0.203 e. The van der Waals surface area contributed by atoms with Crippen molar-refractivity contribution < 1.29 is 0 Å². The van der Waals surface area contributed by atoms with Crippen LogP contribution in [0.5, 0.6) is 0 Å². The molecular weight excluding hydrogens is 240 g/mol. The van der Waals surface area contributed by atoms with Gasteiger partial charge in [-0.1, -0.05) is 12.1 Å². The highest BCUT2D eigenvalue weighted by Gasteiger charge is 2.04. The standard InChI is InChI=1S/C13H10N6/c14-7-10-1-3-11(4-2-10)8-16-12-13-18-17-9-19(13)6-5-15-12/h1-6,9H,8H2,(H,15,16). The monoisotopic (exact) mass is 250 g/mol. The number of hydrogen-bond acceptors (Lipinski definition) is 5. The highest BCUT2D eigenvalue weighted by Crippen LogP contribution is 2.11. The molecule has 0 saturated carbocycles. The Hall–Kier alpha value is -2.94. The minimum Gasteiger partial charge on any atom is -0.363 e. The van der Waals surface area contributed by atoms with Crippen molar-refractivity contribution in [1.29, 1.82) is 5.26 Å². The van der Waals surface area contributed by atoms with Gasteiger partial charge in [-0.15, -0.1) is 10.2 Å². The Morgan fingerprint density at radius 2 is 2.11 bits per heavy atom. The Balaban J connectivity index is 1.78. The summed E-state index contributed by atoms with van der Waals surface area (Å²) in [5.74, 6) is 0.685. The minimum atomic E-state index is 0.616. The van der Waals surface area contributed by atoms with Crippen LogP contribution in [0.1, 0.15) is 11.1 Å². The zero-order valence-corrected chi connectivity index (χ0v) is 9.98. The van der Waals surface area contributed by atoms with Gasteiger partial charge in [0.25, 0.3) is 0 Å². The average molecular weight is 250 g/mol. The summed E-state index contributed by atoms with van der Waals surface area (Å²) in [7, 11) is 0. The highest BCUT2D eigenvalue weighted by molar-refractivity contribution is 5.61. The lowest BCUT2D eigenvalue weighted by Crippen LogP contribution is -2.03. The SMILES string of the molecule is N#Cc1ccc(CNc2nccn3cnnc23)cc1. The first-order chi connectivity index (χ1) is 9.36. The van der Waals surface area contributed by atoms with E-state index >= 15 is 0 Å². The maximum absolute atomic E-state index is 8.74. The summed E-state index contributed by atoms with van der Waals surface area (Å²) in [5.41, 5.74) is 2.42. The van der Waals surface area contributed by atoms with Crippen LogP contribution >= 0.6 is 0 Å². The molecule has 19 heavy (non-hydrogen) atoms. The third-order valence-electron chi connectivity index (χ3n) is 2.76. The number of benzene rings is 1. The number of nitrogens with one attached hydrogen (secondary N) is 1. The summed E-state index contributed by atoms with van der Waals surface area (Å²) in [4.78, 5) is 4.24. The van der Waals surface area contributed by atoms with Crippen LogP contribution in [0.25, 0.3) is 5.65 Å². The van der Waals surface area contributed by atoms with Gasteiger partial charge in [0, 0.05) is 18.9 Å². The molecule has 92 valence electrons. The van der Waals surface area contributed by atoms with Gasteiger partial charge >= 0.3 is 0 Å². The first-order valence-corrected chi connectivity index (χ1v) is 5.74. The summed E-state index contributed by atoms with van der Waals surface area (Å²) in [6.07, 6.45) is 5.11. The number of rotatable bonds is 3. The molecule has 6 nitrogen and oxygen atoms in total. The molecular formula is C13H10N6. The quantitative estimate of drug-likeness (QED) is 0.764. The van der Waals surface area contributed by atoms with E-state index in [1.807, 2.05) is 12.1 Å². The number of nitrogens with zero attached hydrogens (tertiary/aromatic N) is 5. The molecule has 0 aliphatic carbocycles. The summed E-state index contributed by atoms with van der Waals surface area (Å²) < 4.78 is 1.80. The molecule has 2 aromatic heterocycles. The lowest BCUT2D eigenvalue weighted by Gasteiger charge is -2.06. The molecule has 2 heterocycles. The second-order valence-electron chi connectivity index (χ2n) is 4.00. The van der Waals surface area contributed by atoms with Crippen molar-refractivity contribution in [2.75, 3.05) is 5.32 Å². The largest absolute Gasteiger partial charge is 0.363 e. The van der Waals surface area contributed by atoms with Gasteiger partial charge in [-0.3, -0.25) is 4.40 Å². The Bertz CT molecular complexity index is 738. The predicted octanol–water partition coefficient (Wildman–Crippen LogP) is 1.61. The number of anilines is 1. The third-order valence-corrected chi connectivity index (χ3v) is 2.76. The van der Waals surface area contributed by atoms with Gasteiger partial charge in [-0.05, 0) is 17.7 Å². The van der Waals surface area contributed by atoms with Crippen molar-refractivity contribution in [2.24, 2.45) is 0 Å². The predicted molar refractivity (Wildman–Crippen MR) is 69.3 cm³/mol. The highest BCUT2D eigenvalue weighted by atomic mass is 15.2. The third kappa shape index (κ3) is 2.21. The van der Waals surface area contributed by atoms with Crippen LogP contribution < -0.4 is 5.32 Å². The molecule has 3 aromatic rings. The molecule has 1 N–H and O–H groups in total. The van der Waals surface area contributed by atoms with E-state index in [-0.39, 0.29) is 0 Å². The molecule has 0 bridgehead atoms.